The monoisotopic (exact) mass is 482 g/mol. The molecule has 0 radical (unpaired) electrons. The minimum atomic E-state index is -4.82. The molecule has 35 heavy (non-hydrogen) atoms. The molecule has 2 amide bonds. The van der Waals surface area contributed by atoms with Gasteiger partial charge < -0.3 is 20.1 Å². The summed E-state index contributed by atoms with van der Waals surface area (Å²) in [5, 5.41) is 0. The van der Waals surface area contributed by atoms with E-state index in [9.17, 15) is 22.8 Å². The standard InChI is InChI=1S/C26H21F3N2O4/c27-26(28,29)35-19-3-1-2-15(11-19)17-12-21-20-5-4-16(25(33)31-6-8-34-9-7-31)10-18(20)14-22(21)23(13-17)24(30)32/h1-5,10-13H,6-9,14H2,(H2,30,32). The van der Waals surface area contributed by atoms with Gasteiger partial charge in [-0.15, -0.1) is 13.2 Å². The molecular formula is C26H21F3N2O4. The molecule has 1 aliphatic heterocycles. The number of nitrogens with two attached hydrogens (primary N) is 1. The summed E-state index contributed by atoms with van der Waals surface area (Å²) in [4.78, 5) is 27.0. The van der Waals surface area contributed by atoms with E-state index in [0.29, 0.717) is 49.4 Å². The number of hydrogen-bond donors (Lipinski definition) is 1. The molecule has 0 unspecified atom stereocenters. The van der Waals surface area contributed by atoms with E-state index in [0.717, 1.165) is 22.3 Å². The second-order valence-electron chi connectivity index (χ2n) is 8.44. The average Bonchev–Trinajstić information content (AvgIpc) is 3.20. The number of carbonyl (C=O) groups excluding carboxylic acids is 2. The Labute approximate surface area is 199 Å². The number of benzene rings is 3. The fourth-order valence-electron chi connectivity index (χ4n) is 4.64. The molecule has 2 aliphatic rings. The Hall–Kier alpha value is -3.85. The van der Waals surface area contributed by atoms with E-state index >= 15 is 0 Å². The molecule has 0 bridgehead atoms. The van der Waals surface area contributed by atoms with E-state index in [1.54, 1.807) is 23.1 Å². The fraction of sp³-hybridized carbons (Fsp3) is 0.231. The molecule has 1 saturated heterocycles. The number of nitrogens with zero attached hydrogens (tertiary/aromatic N) is 1. The van der Waals surface area contributed by atoms with Crippen LogP contribution in [0.4, 0.5) is 13.2 Å². The van der Waals surface area contributed by atoms with Crippen LogP contribution in [-0.4, -0.2) is 49.4 Å². The number of halogens is 3. The van der Waals surface area contributed by atoms with Crippen molar-refractivity contribution in [1.82, 2.24) is 4.90 Å². The molecule has 1 heterocycles. The minimum absolute atomic E-state index is 0.0793. The molecule has 180 valence electrons. The third-order valence-corrected chi connectivity index (χ3v) is 6.22. The highest BCUT2D eigenvalue weighted by atomic mass is 19.4. The van der Waals surface area contributed by atoms with Crippen LogP contribution in [0.5, 0.6) is 5.75 Å². The summed E-state index contributed by atoms with van der Waals surface area (Å²) >= 11 is 0. The quantitative estimate of drug-likeness (QED) is 0.468. The number of rotatable bonds is 4. The Morgan fingerprint density at radius 2 is 1.71 bits per heavy atom. The lowest BCUT2D eigenvalue weighted by Crippen LogP contribution is -2.40. The molecule has 0 atom stereocenters. The van der Waals surface area contributed by atoms with Crippen LogP contribution >= 0.6 is 0 Å². The van der Waals surface area contributed by atoms with Gasteiger partial charge >= 0.3 is 6.36 Å². The van der Waals surface area contributed by atoms with Gasteiger partial charge in [0, 0.05) is 24.2 Å². The highest BCUT2D eigenvalue weighted by Gasteiger charge is 2.31. The molecule has 0 spiro atoms. The number of fused-ring (bicyclic) bond motifs is 3. The van der Waals surface area contributed by atoms with Gasteiger partial charge in [0.15, 0.2) is 0 Å². The lowest BCUT2D eigenvalue weighted by atomic mass is 9.94. The van der Waals surface area contributed by atoms with E-state index in [-0.39, 0.29) is 17.2 Å². The third-order valence-electron chi connectivity index (χ3n) is 6.22. The van der Waals surface area contributed by atoms with Gasteiger partial charge in [-0.05, 0) is 76.2 Å². The summed E-state index contributed by atoms with van der Waals surface area (Å²) in [5.74, 6) is -1.07. The van der Waals surface area contributed by atoms with Crippen molar-refractivity contribution in [2.24, 2.45) is 5.73 Å². The zero-order valence-corrected chi connectivity index (χ0v) is 18.5. The highest BCUT2D eigenvalue weighted by molar-refractivity contribution is 6.01. The largest absolute Gasteiger partial charge is 0.573 e. The molecular weight excluding hydrogens is 461 g/mol. The molecule has 1 aliphatic carbocycles. The Kier molecular flexibility index (Phi) is 5.72. The molecule has 6 nitrogen and oxygen atoms in total. The molecule has 1 fully saturated rings. The number of amides is 2. The zero-order chi connectivity index (χ0) is 24.7. The van der Waals surface area contributed by atoms with Crippen LogP contribution < -0.4 is 10.5 Å². The van der Waals surface area contributed by atoms with E-state index < -0.39 is 12.3 Å². The average molecular weight is 482 g/mol. The van der Waals surface area contributed by atoms with Gasteiger partial charge in [-0.3, -0.25) is 9.59 Å². The molecule has 2 N–H and O–H groups in total. The van der Waals surface area contributed by atoms with E-state index in [2.05, 4.69) is 4.74 Å². The molecule has 3 aromatic carbocycles. The van der Waals surface area contributed by atoms with Gasteiger partial charge in [-0.25, -0.2) is 0 Å². The topological polar surface area (TPSA) is 81.9 Å². The summed E-state index contributed by atoms with van der Waals surface area (Å²) in [6.45, 7) is 2.06. The maximum atomic E-state index is 12.9. The van der Waals surface area contributed by atoms with Crippen LogP contribution in [0.25, 0.3) is 22.3 Å². The van der Waals surface area contributed by atoms with Gasteiger partial charge in [-0.2, -0.15) is 0 Å². The number of morpholine rings is 1. The summed E-state index contributed by atoms with van der Waals surface area (Å²) in [5.41, 5.74) is 10.7. The number of carbonyl (C=O) groups is 2. The molecule has 0 saturated carbocycles. The first-order chi connectivity index (χ1) is 16.7. The summed E-state index contributed by atoms with van der Waals surface area (Å²) in [6, 6.07) is 14.4. The van der Waals surface area contributed by atoms with Crippen molar-refractivity contribution < 1.29 is 32.2 Å². The van der Waals surface area contributed by atoms with Crippen molar-refractivity contribution in [2.45, 2.75) is 12.8 Å². The number of hydrogen-bond acceptors (Lipinski definition) is 4. The summed E-state index contributed by atoms with van der Waals surface area (Å²) < 4.78 is 47.4. The summed E-state index contributed by atoms with van der Waals surface area (Å²) in [7, 11) is 0. The Balaban J connectivity index is 1.53. The second kappa shape index (κ2) is 8.74. The number of primary amides is 1. The zero-order valence-electron chi connectivity index (χ0n) is 18.5. The first kappa shape index (κ1) is 22.9. The highest BCUT2D eigenvalue weighted by Crippen LogP contribution is 2.42. The Morgan fingerprint density at radius 1 is 0.943 bits per heavy atom. The van der Waals surface area contributed by atoms with Crippen molar-refractivity contribution in [3.05, 3.63) is 76.9 Å². The van der Waals surface area contributed by atoms with Crippen LogP contribution in [0.3, 0.4) is 0 Å². The van der Waals surface area contributed by atoms with Crippen LogP contribution in [0, 0.1) is 0 Å². The Morgan fingerprint density at radius 3 is 2.43 bits per heavy atom. The SMILES string of the molecule is NC(=O)c1cc(-c2cccc(OC(F)(F)F)c2)cc2c1Cc1cc(C(=O)N3CCOCC3)ccc1-2. The van der Waals surface area contributed by atoms with Crippen LogP contribution in [0.1, 0.15) is 31.8 Å². The van der Waals surface area contributed by atoms with E-state index in [1.807, 2.05) is 18.2 Å². The van der Waals surface area contributed by atoms with Gasteiger partial charge in [0.05, 0.1) is 13.2 Å². The first-order valence-corrected chi connectivity index (χ1v) is 11.0. The fourth-order valence-corrected chi connectivity index (χ4v) is 4.64. The van der Waals surface area contributed by atoms with E-state index in [4.69, 9.17) is 10.5 Å². The molecule has 9 heteroatoms. The second-order valence-corrected chi connectivity index (χ2v) is 8.44. The van der Waals surface area contributed by atoms with Crippen molar-refractivity contribution in [2.75, 3.05) is 26.3 Å². The Bertz CT molecular complexity index is 1330. The maximum absolute atomic E-state index is 12.9. The van der Waals surface area contributed by atoms with Crippen LogP contribution in [-0.2, 0) is 11.2 Å². The molecule has 0 aromatic heterocycles. The predicted molar refractivity (Wildman–Crippen MR) is 122 cm³/mol. The summed E-state index contributed by atoms with van der Waals surface area (Å²) in [6.07, 6.45) is -4.39. The van der Waals surface area contributed by atoms with Gasteiger partial charge in [0.1, 0.15) is 5.75 Å². The third kappa shape index (κ3) is 4.59. The van der Waals surface area contributed by atoms with Gasteiger partial charge in [0.2, 0.25) is 5.91 Å². The normalized spacial score (nSPS) is 14.9. The number of alkyl halides is 3. The smallest absolute Gasteiger partial charge is 0.406 e. The van der Waals surface area contributed by atoms with Crippen molar-refractivity contribution >= 4 is 11.8 Å². The predicted octanol–water partition coefficient (Wildman–Crippen LogP) is 4.39. The number of ether oxygens (including phenoxy) is 2. The van der Waals surface area contributed by atoms with E-state index in [1.165, 1.54) is 18.2 Å². The molecule has 3 aromatic rings. The lowest BCUT2D eigenvalue weighted by molar-refractivity contribution is -0.274. The minimum Gasteiger partial charge on any atom is -0.406 e. The van der Waals surface area contributed by atoms with Crippen molar-refractivity contribution in [1.29, 1.82) is 0 Å². The lowest BCUT2D eigenvalue weighted by Gasteiger charge is -2.27. The van der Waals surface area contributed by atoms with Crippen molar-refractivity contribution in [3.8, 4) is 28.0 Å². The van der Waals surface area contributed by atoms with Gasteiger partial charge in [-0.1, -0.05) is 18.2 Å². The van der Waals surface area contributed by atoms with Crippen molar-refractivity contribution in [3.63, 3.8) is 0 Å². The van der Waals surface area contributed by atoms with Crippen LogP contribution in [0.2, 0.25) is 0 Å². The first-order valence-electron chi connectivity index (χ1n) is 11.0. The molecule has 5 rings (SSSR count). The van der Waals surface area contributed by atoms with Gasteiger partial charge in [0.25, 0.3) is 5.91 Å². The maximum Gasteiger partial charge on any atom is 0.573 e. The van der Waals surface area contributed by atoms with Crippen LogP contribution in [0.15, 0.2) is 54.6 Å².